The maximum absolute atomic E-state index is 3.97. The first-order chi connectivity index (χ1) is 1.73. The van der Waals surface area contributed by atoms with Crippen molar-refractivity contribution < 1.29 is 0 Å². The van der Waals surface area contributed by atoms with E-state index in [1.54, 1.807) is 0 Å². The van der Waals surface area contributed by atoms with Gasteiger partial charge in [-0.1, -0.05) is 13.8 Å². The van der Waals surface area contributed by atoms with Gasteiger partial charge in [-0.25, -0.2) is 0 Å². The van der Waals surface area contributed by atoms with Gasteiger partial charge in [-0.05, 0) is 5.25 Å². The fourth-order valence-corrected chi connectivity index (χ4v) is 0. The van der Waals surface area contributed by atoms with Gasteiger partial charge in [-0.3, -0.25) is 0 Å². The fourth-order valence-electron chi connectivity index (χ4n) is 0. The number of thiol groups is 1. The van der Waals surface area contributed by atoms with Crippen molar-refractivity contribution in [2.75, 3.05) is 0 Å². The topological polar surface area (TPSA) is 0 Å². The molecule has 0 unspecified atom stereocenters. The van der Waals surface area contributed by atoms with Gasteiger partial charge in [0.1, 0.15) is 0 Å². The van der Waals surface area contributed by atoms with E-state index in [-0.39, 0.29) is 68.9 Å². The molecule has 28 valence electrons. The molecule has 0 radical (unpaired) electrons. The molecule has 0 fully saturated rings. The minimum atomic E-state index is 0. The van der Waals surface area contributed by atoms with E-state index in [1.807, 2.05) is 13.8 Å². The molecule has 0 saturated heterocycles. The standard InChI is InChI=1S/C3H8S.Cs.H/c1-3(2)4;;/h3-4H,1-2H3;;. The van der Waals surface area contributed by atoms with Crippen LogP contribution in [0.5, 0.6) is 0 Å². The second kappa shape index (κ2) is 6.40. The first kappa shape index (κ1) is 10.4. The van der Waals surface area contributed by atoms with Crippen LogP contribution in [0.3, 0.4) is 0 Å². The van der Waals surface area contributed by atoms with Gasteiger partial charge in [0.15, 0.2) is 0 Å². The van der Waals surface area contributed by atoms with Crippen LogP contribution in [0.15, 0.2) is 0 Å². The third-order valence-electron chi connectivity index (χ3n) is 0. The molecule has 0 bridgehead atoms. The average Bonchev–Trinajstić information content (AvgIpc) is 0.811. The van der Waals surface area contributed by atoms with Crippen molar-refractivity contribution in [1.82, 2.24) is 0 Å². The quantitative estimate of drug-likeness (QED) is 0.558. The molecule has 0 saturated carbocycles. The Balaban J connectivity index is 0. The first-order valence-corrected chi connectivity index (χ1v) is 1.93. The summed E-state index contributed by atoms with van der Waals surface area (Å²) in [5.41, 5.74) is 0. The molecule has 0 amide bonds. The molecule has 0 aromatic rings. The van der Waals surface area contributed by atoms with E-state index in [1.165, 1.54) is 0 Å². The SMILES string of the molecule is CC(C)S.[CsH]. The summed E-state index contributed by atoms with van der Waals surface area (Å²) in [5, 5.41) is 0.528. The molecular formula is C3H9CsS. The van der Waals surface area contributed by atoms with E-state index in [0.717, 1.165) is 0 Å². The van der Waals surface area contributed by atoms with E-state index in [2.05, 4.69) is 12.6 Å². The fraction of sp³-hybridized carbons (Fsp3) is 1.00. The van der Waals surface area contributed by atoms with Crippen LogP contribution in [-0.4, -0.2) is 74.1 Å². The van der Waals surface area contributed by atoms with Crippen LogP contribution in [0.4, 0.5) is 0 Å². The van der Waals surface area contributed by atoms with E-state index < -0.39 is 0 Å². The molecule has 0 aromatic carbocycles. The van der Waals surface area contributed by atoms with Gasteiger partial charge >= 0.3 is 68.9 Å². The van der Waals surface area contributed by atoms with Crippen LogP contribution in [0.2, 0.25) is 0 Å². The van der Waals surface area contributed by atoms with Crippen LogP contribution in [0.25, 0.3) is 0 Å². The Morgan fingerprint density at radius 2 is 1.40 bits per heavy atom. The molecule has 0 heterocycles. The van der Waals surface area contributed by atoms with E-state index in [0.29, 0.717) is 5.25 Å². The molecule has 2 heteroatoms. The Kier molecular flexibility index (Phi) is 13.3. The van der Waals surface area contributed by atoms with Gasteiger partial charge < -0.3 is 0 Å². The first-order valence-electron chi connectivity index (χ1n) is 1.41. The van der Waals surface area contributed by atoms with Crippen LogP contribution in [0.1, 0.15) is 13.8 Å². The third-order valence-corrected chi connectivity index (χ3v) is 0. The molecule has 5 heavy (non-hydrogen) atoms. The molecule has 0 aliphatic rings. The third kappa shape index (κ3) is 21.5. The summed E-state index contributed by atoms with van der Waals surface area (Å²) in [6.45, 7) is 4.06. The molecule has 0 aliphatic carbocycles. The van der Waals surface area contributed by atoms with Crippen molar-refractivity contribution >= 4 is 81.5 Å². The van der Waals surface area contributed by atoms with Crippen LogP contribution >= 0.6 is 12.6 Å². The number of hydrogen-bond acceptors (Lipinski definition) is 1. The van der Waals surface area contributed by atoms with Gasteiger partial charge in [0.2, 0.25) is 0 Å². The second-order valence-electron chi connectivity index (χ2n) is 1.09. The minimum absolute atomic E-state index is 0. The van der Waals surface area contributed by atoms with E-state index in [9.17, 15) is 0 Å². The average molecular weight is 210 g/mol. The Morgan fingerprint density at radius 3 is 1.40 bits per heavy atom. The van der Waals surface area contributed by atoms with Crippen molar-refractivity contribution in [3.63, 3.8) is 0 Å². The van der Waals surface area contributed by atoms with Crippen LogP contribution < -0.4 is 0 Å². The zero-order valence-corrected chi connectivity index (χ0v) is 3.92. The van der Waals surface area contributed by atoms with E-state index >= 15 is 0 Å². The molecule has 0 nitrogen and oxygen atoms in total. The Hall–Kier alpha value is 2.40. The summed E-state index contributed by atoms with van der Waals surface area (Å²) in [6, 6.07) is 0. The van der Waals surface area contributed by atoms with Crippen molar-refractivity contribution in [3.8, 4) is 0 Å². The van der Waals surface area contributed by atoms with E-state index in [4.69, 9.17) is 0 Å². The van der Waals surface area contributed by atoms with Gasteiger partial charge in [-0.2, -0.15) is 12.6 Å². The molecule has 0 spiro atoms. The molecule has 0 aliphatic heterocycles. The summed E-state index contributed by atoms with van der Waals surface area (Å²) < 4.78 is 0. The summed E-state index contributed by atoms with van der Waals surface area (Å²) in [6.07, 6.45) is 0. The molecule has 0 atom stereocenters. The predicted octanol–water partition coefficient (Wildman–Crippen LogP) is 0.676. The summed E-state index contributed by atoms with van der Waals surface area (Å²) in [7, 11) is 0. The summed E-state index contributed by atoms with van der Waals surface area (Å²) in [5.74, 6) is 0. The van der Waals surface area contributed by atoms with Gasteiger partial charge in [0, 0.05) is 0 Å². The number of hydrogen-bond donors (Lipinski definition) is 1. The van der Waals surface area contributed by atoms with Crippen molar-refractivity contribution in [2.45, 2.75) is 19.1 Å². The monoisotopic (exact) mass is 210 g/mol. The zero-order chi connectivity index (χ0) is 3.58. The van der Waals surface area contributed by atoms with Crippen molar-refractivity contribution in [2.24, 2.45) is 0 Å². The number of rotatable bonds is 0. The predicted molar refractivity (Wildman–Crippen MR) is 31.3 cm³/mol. The molecule has 0 N–H and O–H groups in total. The molecular weight excluding hydrogens is 201 g/mol. The Labute approximate surface area is 97.9 Å². The normalized spacial score (nSPS) is 7.20. The second-order valence-corrected chi connectivity index (χ2v) is 2.13. The van der Waals surface area contributed by atoms with Crippen LogP contribution in [-0.2, 0) is 0 Å². The maximum atomic E-state index is 3.97. The molecule has 0 aromatic heterocycles. The van der Waals surface area contributed by atoms with Crippen molar-refractivity contribution in [3.05, 3.63) is 0 Å². The summed E-state index contributed by atoms with van der Waals surface area (Å²) in [4.78, 5) is 0. The Bertz CT molecular complexity index is 11.6. The zero-order valence-electron chi connectivity index (χ0n) is 3.02. The Morgan fingerprint density at radius 1 is 1.40 bits per heavy atom. The molecule has 0 rings (SSSR count). The van der Waals surface area contributed by atoms with Gasteiger partial charge in [-0.15, -0.1) is 0 Å². The van der Waals surface area contributed by atoms with Gasteiger partial charge in [0.25, 0.3) is 0 Å². The summed E-state index contributed by atoms with van der Waals surface area (Å²) >= 11 is 3.97. The van der Waals surface area contributed by atoms with Crippen molar-refractivity contribution in [1.29, 1.82) is 0 Å². The van der Waals surface area contributed by atoms with Crippen LogP contribution in [0, 0.1) is 0 Å². The van der Waals surface area contributed by atoms with Gasteiger partial charge in [0.05, 0.1) is 0 Å².